The van der Waals surface area contributed by atoms with Crippen molar-refractivity contribution in [3.63, 3.8) is 0 Å². The van der Waals surface area contributed by atoms with Crippen molar-refractivity contribution in [3.05, 3.63) is 71.7 Å². The van der Waals surface area contributed by atoms with Gasteiger partial charge in [0.1, 0.15) is 18.2 Å². The van der Waals surface area contributed by atoms with Crippen LogP contribution in [0.5, 0.6) is 0 Å². The van der Waals surface area contributed by atoms with Gasteiger partial charge in [-0.3, -0.25) is 4.79 Å². The van der Waals surface area contributed by atoms with Crippen molar-refractivity contribution in [2.75, 3.05) is 6.61 Å². The Hall–Kier alpha value is -3.59. The standard InChI is InChI=1S/C24H23N3O3/c1-27-20-12-6-5-11-19(20)26-22(27)18(15-25)21(28)16-30-23(29)24(13-7-8-14-24)17-9-3-2-4-10-17/h2-6,9-12,28H,7-8,13-14,16H2,1H3/b21-18-. The summed E-state index contributed by atoms with van der Waals surface area (Å²) in [6.45, 7) is -0.362. The SMILES string of the molecule is Cn1c(/C(C#N)=C(\O)COC(=O)C2(c3ccccc3)CCCC2)nc2ccccc21. The molecule has 2 aromatic carbocycles. The van der Waals surface area contributed by atoms with E-state index in [0.29, 0.717) is 5.82 Å². The summed E-state index contributed by atoms with van der Waals surface area (Å²) in [5.74, 6) is -0.323. The number of hydrogen-bond donors (Lipinski definition) is 1. The van der Waals surface area contributed by atoms with Crippen molar-refractivity contribution in [2.24, 2.45) is 7.05 Å². The minimum absolute atomic E-state index is 0.00156. The summed E-state index contributed by atoms with van der Waals surface area (Å²) in [6, 6.07) is 19.1. The maximum atomic E-state index is 13.1. The van der Waals surface area contributed by atoms with Gasteiger partial charge in [0.15, 0.2) is 11.6 Å². The highest BCUT2D eigenvalue weighted by Crippen LogP contribution is 2.42. The number of nitriles is 1. The average Bonchev–Trinajstić information content (AvgIpc) is 3.40. The summed E-state index contributed by atoms with van der Waals surface area (Å²) in [4.78, 5) is 17.5. The number of nitrogens with zero attached hydrogens (tertiary/aromatic N) is 3. The molecular formula is C24H23N3O3. The van der Waals surface area contributed by atoms with E-state index in [2.05, 4.69) is 4.98 Å². The van der Waals surface area contributed by atoms with Crippen molar-refractivity contribution in [1.29, 1.82) is 5.26 Å². The molecular weight excluding hydrogens is 378 g/mol. The first-order valence-corrected chi connectivity index (χ1v) is 10.0. The number of imidazole rings is 1. The minimum Gasteiger partial charge on any atom is -0.507 e. The van der Waals surface area contributed by atoms with Crippen molar-refractivity contribution in [1.82, 2.24) is 9.55 Å². The van der Waals surface area contributed by atoms with Gasteiger partial charge in [0.05, 0.1) is 16.4 Å². The van der Waals surface area contributed by atoms with Crippen molar-refractivity contribution < 1.29 is 14.6 Å². The van der Waals surface area contributed by atoms with E-state index in [4.69, 9.17) is 4.74 Å². The number of aryl methyl sites for hydroxylation is 1. The van der Waals surface area contributed by atoms with E-state index in [1.54, 1.807) is 11.6 Å². The van der Waals surface area contributed by atoms with Crippen molar-refractivity contribution in [2.45, 2.75) is 31.1 Å². The predicted octanol–water partition coefficient (Wildman–Crippen LogP) is 4.42. The van der Waals surface area contributed by atoms with Crippen molar-refractivity contribution in [3.8, 4) is 6.07 Å². The zero-order valence-electron chi connectivity index (χ0n) is 16.8. The summed E-state index contributed by atoms with van der Waals surface area (Å²) >= 11 is 0. The Balaban J connectivity index is 1.60. The highest BCUT2D eigenvalue weighted by molar-refractivity contribution is 5.85. The molecule has 1 saturated carbocycles. The lowest BCUT2D eigenvalue weighted by Gasteiger charge is -2.27. The molecule has 1 aliphatic carbocycles. The van der Waals surface area contributed by atoms with Gasteiger partial charge in [0.25, 0.3) is 0 Å². The number of carbonyl (C=O) groups is 1. The van der Waals surface area contributed by atoms with E-state index in [1.165, 1.54) is 0 Å². The van der Waals surface area contributed by atoms with Crippen molar-refractivity contribution >= 4 is 22.6 Å². The normalized spacial score (nSPS) is 16.1. The van der Waals surface area contributed by atoms with Crippen LogP contribution in [-0.4, -0.2) is 27.2 Å². The second kappa shape index (κ2) is 8.03. The zero-order chi connectivity index (χ0) is 21.1. The number of hydrogen-bond acceptors (Lipinski definition) is 5. The summed E-state index contributed by atoms with van der Waals surface area (Å²) in [6.07, 6.45) is 3.34. The monoisotopic (exact) mass is 401 g/mol. The number of carbonyl (C=O) groups excluding carboxylic acids is 1. The lowest BCUT2D eigenvalue weighted by molar-refractivity contribution is -0.150. The molecule has 1 heterocycles. The molecule has 0 amide bonds. The molecule has 6 heteroatoms. The summed E-state index contributed by atoms with van der Waals surface area (Å²) in [5, 5.41) is 20.2. The number of aromatic nitrogens is 2. The third kappa shape index (κ3) is 3.33. The van der Waals surface area contributed by atoms with E-state index in [1.807, 2.05) is 60.7 Å². The van der Waals surface area contributed by atoms with Crippen LogP contribution in [-0.2, 0) is 22.0 Å². The number of para-hydroxylation sites is 2. The number of benzene rings is 2. The van der Waals surface area contributed by atoms with E-state index < -0.39 is 5.41 Å². The van der Waals surface area contributed by atoms with Gasteiger partial charge in [0.2, 0.25) is 0 Å². The highest BCUT2D eigenvalue weighted by Gasteiger charge is 2.44. The Bertz CT molecular complexity index is 1150. The average molecular weight is 401 g/mol. The molecule has 0 bridgehead atoms. The topological polar surface area (TPSA) is 88.1 Å². The minimum atomic E-state index is -0.688. The van der Waals surface area contributed by atoms with Crippen LogP contribution in [0.1, 0.15) is 37.1 Å². The van der Waals surface area contributed by atoms with Gasteiger partial charge in [-0.1, -0.05) is 55.3 Å². The van der Waals surface area contributed by atoms with E-state index in [0.717, 1.165) is 42.3 Å². The van der Waals surface area contributed by atoms with Crippen LogP contribution in [0.25, 0.3) is 16.6 Å². The molecule has 1 aromatic heterocycles. The first-order valence-electron chi connectivity index (χ1n) is 10.0. The van der Waals surface area contributed by atoms with Gasteiger partial charge in [0, 0.05) is 7.05 Å². The Morgan fingerprint density at radius 2 is 1.83 bits per heavy atom. The number of aliphatic hydroxyl groups excluding tert-OH is 1. The van der Waals surface area contributed by atoms with Gasteiger partial charge in [-0.25, -0.2) is 4.98 Å². The second-order valence-electron chi connectivity index (χ2n) is 7.65. The van der Waals surface area contributed by atoms with Crippen LogP contribution in [0.3, 0.4) is 0 Å². The smallest absolute Gasteiger partial charge is 0.317 e. The molecule has 3 aromatic rings. The fraction of sp³-hybridized carbons (Fsp3) is 0.292. The fourth-order valence-corrected chi connectivity index (χ4v) is 4.30. The number of esters is 1. The quantitative estimate of drug-likeness (QED) is 0.388. The zero-order valence-corrected chi connectivity index (χ0v) is 16.8. The third-order valence-corrected chi connectivity index (χ3v) is 5.93. The fourth-order valence-electron chi connectivity index (χ4n) is 4.30. The molecule has 0 saturated heterocycles. The largest absolute Gasteiger partial charge is 0.507 e. The second-order valence-corrected chi connectivity index (χ2v) is 7.65. The predicted molar refractivity (Wildman–Crippen MR) is 113 cm³/mol. The van der Waals surface area contributed by atoms with E-state index in [9.17, 15) is 15.2 Å². The van der Waals surface area contributed by atoms with Crippen LogP contribution in [0.2, 0.25) is 0 Å². The first-order chi connectivity index (χ1) is 14.6. The molecule has 4 rings (SSSR count). The number of fused-ring (bicyclic) bond motifs is 1. The van der Waals surface area contributed by atoms with Crippen LogP contribution in [0.4, 0.5) is 0 Å². The van der Waals surface area contributed by atoms with Crippen LogP contribution in [0.15, 0.2) is 60.4 Å². The molecule has 1 N–H and O–H groups in total. The Morgan fingerprint density at radius 1 is 1.17 bits per heavy atom. The molecule has 6 nitrogen and oxygen atoms in total. The Kier molecular flexibility index (Phi) is 5.28. The van der Waals surface area contributed by atoms with Gasteiger partial charge in [-0.15, -0.1) is 0 Å². The molecule has 0 spiro atoms. The summed E-state index contributed by atoms with van der Waals surface area (Å²) < 4.78 is 7.27. The maximum absolute atomic E-state index is 13.1. The number of ether oxygens (including phenoxy) is 1. The Labute approximate surface area is 175 Å². The molecule has 0 radical (unpaired) electrons. The van der Waals surface area contributed by atoms with Crippen LogP contribution in [0, 0.1) is 11.3 Å². The molecule has 0 atom stereocenters. The van der Waals surface area contributed by atoms with E-state index >= 15 is 0 Å². The highest BCUT2D eigenvalue weighted by atomic mass is 16.5. The summed E-state index contributed by atoms with van der Waals surface area (Å²) in [5.41, 5.74) is 1.82. The molecule has 1 fully saturated rings. The molecule has 0 unspecified atom stereocenters. The number of aliphatic hydroxyl groups is 1. The van der Waals surface area contributed by atoms with E-state index in [-0.39, 0.29) is 23.9 Å². The summed E-state index contributed by atoms with van der Waals surface area (Å²) in [7, 11) is 1.78. The van der Waals surface area contributed by atoms with Gasteiger partial charge in [-0.05, 0) is 30.5 Å². The van der Waals surface area contributed by atoms with Gasteiger partial charge < -0.3 is 14.4 Å². The third-order valence-electron chi connectivity index (χ3n) is 5.93. The molecule has 1 aliphatic rings. The molecule has 30 heavy (non-hydrogen) atoms. The number of rotatable bonds is 5. The Morgan fingerprint density at radius 3 is 2.50 bits per heavy atom. The maximum Gasteiger partial charge on any atom is 0.317 e. The first kappa shape index (κ1) is 19.7. The number of allylic oxidation sites excluding steroid dienone is 1. The molecule has 152 valence electrons. The molecule has 0 aliphatic heterocycles. The van der Waals surface area contributed by atoms with Gasteiger partial charge in [-0.2, -0.15) is 5.26 Å². The lowest BCUT2D eigenvalue weighted by Crippen LogP contribution is -2.35. The lowest BCUT2D eigenvalue weighted by atomic mass is 9.79. The van der Waals surface area contributed by atoms with Crippen LogP contribution >= 0.6 is 0 Å². The van der Waals surface area contributed by atoms with Crippen LogP contribution < -0.4 is 0 Å². The van der Waals surface area contributed by atoms with Gasteiger partial charge >= 0.3 is 5.97 Å².